The van der Waals surface area contributed by atoms with Crippen molar-refractivity contribution in [2.75, 3.05) is 0 Å². The zero-order valence-electron chi connectivity index (χ0n) is 10.4. The zero-order chi connectivity index (χ0) is 13.3. The normalized spacial score (nSPS) is 25.3. The van der Waals surface area contributed by atoms with Crippen LogP contribution in [0, 0.1) is 5.92 Å². The molecule has 1 aliphatic carbocycles. The van der Waals surface area contributed by atoms with Gasteiger partial charge in [-0.2, -0.15) is 0 Å². The number of hydrogen-bond donors (Lipinski definition) is 1. The SMILES string of the molecule is CC1CCCC(NS(=O)(=O)c2c(Br)nnn2C)C1. The lowest BCUT2D eigenvalue weighted by Crippen LogP contribution is -2.38. The second kappa shape index (κ2) is 5.26. The second-order valence-corrected chi connectivity index (χ2v) is 7.28. The third-order valence-electron chi connectivity index (χ3n) is 3.25. The molecule has 0 aliphatic heterocycles. The van der Waals surface area contributed by atoms with E-state index < -0.39 is 10.0 Å². The van der Waals surface area contributed by atoms with Crippen molar-refractivity contribution in [3.63, 3.8) is 0 Å². The topological polar surface area (TPSA) is 76.9 Å². The highest BCUT2D eigenvalue weighted by molar-refractivity contribution is 9.10. The Morgan fingerprint density at radius 3 is 2.72 bits per heavy atom. The molecule has 0 radical (unpaired) electrons. The van der Waals surface area contributed by atoms with Crippen LogP contribution >= 0.6 is 15.9 Å². The van der Waals surface area contributed by atoms with Crippen molar-refractivity contribution in [2.45, 2.75) is 43.7 Å². The van der Waals surface area contributed by atoms with Crippen molar-refractivity contribution in [1.82, 2.24) is 19.7 Å². The molecule has 1 saturated carbocycles. The molecule has 1 aliphatic rings. The van der Waals surface area contributed by atoms with Crippen LogP contribution in [0.5, 0.6) is 0 Å². The molecule has 2 unspecified atom stereocenters. The van der Waals surface area contributed by atoms with Crippen molar-refractivity contribution >= 4 is 26.0 Å². The van der Waals surface area contributed by atoms with Gasteiger partial charge in [0.2, 0.25) is 5.03 Å². The minimum Gasteiger partial charge on any atom is -0.235 e. The summed E-state index contributed by atoms with van der Waals surface area (Å²) >= 11 is 3.12. The van der Waals surface area contributed by atoms with Crippen LogP contribution in [0.1, 0.15) is 32.6 Å². The van der Waals surface area contributed by atoms with Crippen molar-refractivity contribution in [1.29, 1.82) is 0 Å². The van der Waals surface area contributed by atoms with E-state index in [2.05, 4.69) is 37.9 Å². The van der Waals surface area contributed by atoms with Gasteiger partial charge in [0.15, 0.2) is 4.60 Å². The minimum absolute atomic E-state index is 0.0144. The summed E-state index contributed by atoms with van der Waals surface area (Å²) in [4.78, 5) is 0. The highest BCUT2D eigenvalue weighted by Gasteiger charge is 2.29. The molecular formula is C10H17BrN4O2S. The Morgan fingerprint density at radius 1 is 1.44 bits per heavy atom. The predicted molar refractivity (Wildman–Crippen MR) is 70.4 cm³/mol. The van der Waals surface area contributed by atoms with E-state index in [1.165, 1.54) is 11.1 Å². The van der Waals surface area contributed by atoms with Gasteiger partial charge in [-0.15, -0.1) is 5.10 Å². The van der Waals surface area contributed by atoms with Crippen LogP contribution in [0.4, 0.5) is 0 Å². The maximum absolute atomic E-state index is 12.3. The highest BCUT2D eigenvalue weighted by Crippen LogP contribution is 2.25. The predicted octanol–water partition coefficient (Wildman–Crippen LogP) is 1.43. The van der Waals surface area contributed by atoms with Gasteiger partial charge in [-0.25, -0.2) is 17.8 Å². The summed E-state index contributed by atoms with van der Waals surface area (Å²) in [6, 6.07) is 0.0144. The van der Waals surface area contributed by atoms with Crippen molar-refractivity contribution in [3.05, 3.63) is 4.60 Å². The molecule has 0 amide bonds. The average Bonchev–Trinajstić information content (AvgIpc) is 2.58. The largest absolute Gasteiger partial charge is 0.260 e. The summed E-state index contributed by atoms with van der Waals surface area (Å²) in [6.45, 7) is 2.15. The first-order chi connectivity index (χ1) is 8.40. The van der Waals surface area contributed by atoms with Crippen molar-refractivity contribution in [2.24, 2.45) is 13.0 Å². The van der Waals surface area contributed by atoms with Gasteiger partial charge in [0.1, 0.15) is 0 Å². The number of aryl methyl sites for hydroxylation is 1. The van der Waals surface area contributed by atoms with E-state index in [9.17, 15) is 8.42 Å². The molecule has 1 aromatic heterocycles. The molecule has 1 N–H and O–H groups in total. The number of hydrogen-bond acceptors (Lipinski definition) is 4. The molecular weight excluding hydrogens is 320 g/mol. The van der Waals surface area contributed by atoms with Crippen LogP contribution in [-0.2, 0) is 17.1 Å². The number of nitrogens with one attached hydrogen (secondary N) is 1. The van der Waals surface area contributed by atoms with Gasteiger partial charge in [0, 0.05) is 13.1 Å². The lowest BCUT2D eigenvalue weighted by Gasteiger charge is -2.27. The molecule has 1 aromatic rings. The molecule has 6 nitrogen and oxygen atoms in total. The second-order valence-electron chi connectivity index (χ2n) is 4.90. The lowest BCUT2D eigenvalue weighted by atomic mass is 9.88. The Bertz CT molecular complexity index is 508. The summed E-state index contributed by atoms with van der Waals surface area (Å²) in [6.07, 6.45) is 4.03. The van der Waals surface area contributed by atoms with E-state index in [1.807, 2.05) is 0 Å². The molecule has 1 heterocycles. The van der Waals surface area contributed by atoms with Crippen LogP contribution in [0.15, 0.2) is 9.63 Å². The van der Waals surface area contributed by atoms with Crippen LogP contribution in [-0.4, -0.2) is 29.5 Å². The fourth-order valence-electron chi connectivity index (χ4n) is 2.42. The summed E-state index contributed by atoms with van der Waals surface area (Å²) in [5.74, 6) is 0.569. The molecule has 0 bridgehead atoms. The first-order valence-corrected chi connectivity index (χ1v) is 8.25. The van der Waals surface area contributed by atoms with Gasteiger partial charge in [0.25, 0.3) is 10.0 Å². The maximum Gasteiger partial charge on any atom is 0.260 e. The molecule has 2 atom stereocenters. The molecule has 102 valence electrons. The standard InChI is InChI=1S/C10H17BrN4O2S/c1-7-4-3-5-8(6-7)13-18(16,17)10-9(11)12-14-15(10)2/h7-8,13H,3-6H2,1-2H3. The quantitative estimate of drug-likeness (QED) is 0.905. The van der Waals surface area contributed by atoms with Crippen molar-refractivity contribution in [3.8, 4) is 0 Å². The third kappa shape index (κ3) is 2.92. The Balaban J connectivity index is 2.17. The first kappa shape index (κ1) is 14.0. The maximum atomic E-state index is 12.3. The number of aromatic nitrogens is 3. The Labute approximate surface area is 115 Å². The molecule has 0 spiro atoms. The van der Waals surface area contributed by atoms with E-state index in [4.69, 9.17) is 0 Å². The third-order valence-corrected chi connectivity index (χ3v) is 5.66. The smallest absolute Gasteiger partial charge is 0.235 e. The minimum atomic E-state index is -3.56. The molecule has 18 heavy (non-hydrogen) atoms. The monoisotopic (exact) mass is 336 g/mol. The van der Waals surface area contributed by atoms with Crippen LogP contribution in [0.25, 0.3) is 0 Å². The van der Waals surface area contributed by atoms with E-state index in [-0.39, 0.29) is 15.7 Å². The van der Waals surface area contributed by atoms with E-state index in [1.54, 1.807) is 7.05 Å². The van der Waals surface area contributed by atoms with Gasteiger partial charge >= 0.3 is 0 Å². The van der Waals surface area contributed by atoms with Crippen molar-refractivity contribution < 1.29 is 8.42 Å². The van der Waals surface area contributed by atoms with E-state index in [0.29, 0.717) is 5.92 Å². The van der Waals surface area contributed by atoms with Gasteiger partial charge in [-0.1, -0.05) is 25.0 Å². The summed E-state index contributed by atoms with van der Waals surface area (Å²) in [5.41, 5.74) is 0. The zero-order valence-corrected chi connectivity index (χ0v) is 12.8. The van der Waals surface area contributed by atoms with E-state index in [0.717, 1.165) is 19.3 Å². The van der Waals surface area contributed by atoms with Gasteiger partial charge in [0.05, 0.1) is 0 Å². The Morgan fingerprint density at radius 2 is 2.17 bits per heavy atom. The fourth-order valence-corrected chi connectivity index (χ4v) is 4.80. The summed E-state index contributed by atoms with van der Waals surface area (Å²) in [7, 11) is -1.99. The van der Waals surface area contributed by atoms with E-state index >= 15 is 0 Å². The molecule has 0 aromatic carbocycles. The molecule has 8 heteroatoms. The first-order valence-electron chi connectivity index (χ1n) is 5.97. The summed E-state index contributed by atoms with van der Waals surface area (Å²) in [5, 5.41) is 7.48. The average molecular weight is 337 g/mol. The number of rotatable bonds is 3. The number of halogens is 1. The van der Waals surface area contributed by atoms with Gasteiger partial charge in [-0.3, -0.25) is 0 Å². The fraction of sp³-hybridized carbons (Fsp3) is 0.800. The Hall–Kier alpha value is -0.470. The molecule has 2 rings (SSSR count). The lowest BCUT2D eigenvalue weighted by molar-refractivity contribution is 0.327. The van der Waals surface area contributed by atoms with Crippen LogP contribution < -0.4 is 4.72 Å². The summed E-state index contributed by atoms with van der Waals surface area (Å²) < 4.78 is 28.8. The Kier molecular flexibility index (Phi) is 4.08. The van der Waals surface area contributed by atoms with Gasteiger partial charge < -0.3 is 0 Å². The highest BCUT2D eigenvalue weighted by atomic mass is 79.9. The number of sulfonamides is 1. The van der Waals surface area contributed by atoms with Crippen LogP contribution in [0.2, 0.25) is 0 Å². The van der Waals surface area contributed by atoms with Crippen LogP contribution in [0.3, 0.4) is 0 Å². The molecule has 1 fully saturated rings. The van der Waals surface area contributed by atoms with Gasteiger partial charge in [-0.05, 0) is 34.7 Å². The number of nitrogens with zero attached hydrogens (tertiary/aromatic N) is 3. The molecule has 0 saturated heterocycles.